The first kappa shape index (κ1) is 38.8. The minimum Gasteiger partial charge on any atom is -0.475 e. The number of hydrogen-bond donors (Lipinski definition) is 3. The molecule has 44 heavy (non-hydrogen) atoms. The van der Waals surface area contributed by atoms with Crippen LogP contribution in [0, 0.1) is 0 Å². The molecule has 3 N–H and O–H groups in total. The zero-order valence-corrected chi connectivity index (χ0v) is 22.9. The van der Waals surface area contributed by atoms with Crippen LogP contribution in [0.25, 0.3) is 0 Å². The van der Waals surface area contributed by atoms with Gasteiger partial charge in [-0.2, -0.15) is 39.5 Å². The number of carboxylic acid groups (broad SMARTS) is 3. The van der Waals surface area contributed by atoms with E-state index < -0.39 is 36.4 Å². The zero-order valence-electron chi connectivity index (χ0n) is 22.9. The summed E-state index contributed by atoms with van der Waals surface area (Å²) in [7, 11) is 0. The van der Waals surface area contributed by atoms with Crippen LogP contribution in [0.3, 0.4) is 0 Å². The molecule has 4 heterocycles. The Morgan fingerprint density at radius 1 is 0.795 bits per heavy atom. The van der Waals surface area contributed by atoms with Crippen molar-refractivity contribution >= 4 is 17.9 Å². The number of pyridine rings is 1. The predicted molar refractivity (Wildman–Crippen MR) is 131 cm³/mol. The molecule has 0 amide bonds. The first-order valence-electron chi connectivity index (χ1n) is 12.8. The molecule has 20 heteroatoms. The van der Waals surface area contributed by atoms with Crippen molar-refractivity contribution in [1.82, 2.24) is 19.7 Å². The highest BCUT2D eigenvalue weighted by Gasteiger charge is 2.41. The third-order valence-corrected chi connectivity index (χ3v) is 6.25. The summed E-state index contributed by atoms with van der Waals surface area (Å²) in [6.45, 7) is 10.2. The Morgan fingerprint density at radius 2 is 1.30 bits per heavy atom. The second-order valence-corrected chi connectivity index (χ2v) is 9.53. The molecule has 0 bridgehead atoms. The van der Waals surface area contributed by atoms with Gasteiger partial charge >= 0.3 is 36.4 Å². The Hall–Kier alpha value is -3.23. The Kier molecular flexibility index (Phi) is 15.3. The molecule has 0 saturated carbocycles. The van der Waals surface area contributed by atoms with Gasteiger partial charge in [0.1, 0.15) is 0 Å². The third kappa shape index (κ3) is 15.0. The van der Waals surface area contributed by atoms with Gasteiger partial charge in [-0.05, 0) is 37.6 Å². The van der Waals surface area contributed by atoms with Crippen molar-refractivity contribution in [2.45, 2.75) is 50.1 Å². The van der Waals surface area contributed by atoms with Crippen LogP contribution in [0.2, 0.25) is 0 Å². The van der Waals surface area contributed by atoms with Crippen molar-refractivity contribution in [3.05, 3.63) is 30.1 Å². The normalized spacial score (nSPS) is 21.0. The number of rotatable bonds is 5. The fourth-order valence-corrected chi connectivity index (χ4v) is 4.27. The standard InChI is InChI=1S/C18H28N4O.3C2HF3O2/c1-2-7-20(6-1)8-9-22-10-11-23-18-15-21(14-17(18)22)13-16-4-3-5-19-12-16;3*3-2(4,5)1(6)7/h3-5,12,17-18H,1-2,6-11,13-15H2;3*(H,6,7)/t17-,18+;;;/m1.../s1. The molecule has 3 aliphatic heterocycles. The van der Waals surface area contributed by atoms with Crippen LogP contribution < -0.4 is 0 Å². The van der Waals surface area contributed by atoms with Gasteiger partial charge in [0.25, 0.3) is 0 Å². The van der Waals surface area contributed by atoms with E-state index >= 15 is 0 Å². The number of carbonyl (C=O) groups is 3. The van der Waals surface area contributed by atoms with E-state index in [0.29, 0.717) is 12.1 Å². The Balaban J connectivity index is 0.000000379. The first-order chi connectivity index (χ1) is 20.2. The summed E-state index contributed by atoms with van der Waals surface area (Å²) in [5.74, 6) is -8.27. The number of alkyl halides is 9. The second-order valence-electron chi connectivity index (χ2n) is 9.53. The molecule has 3 saturated heterocycles. The van der Waals surface area contributed by atoms with Gasteiger partial charge < -0.3 is 25.0 Å². The van der Waals surface area contributed by atoms with Crippen molar-refractivity contribution in [1.29, 1.82) is 0 Å². The Morgan fingerprint density at radius 3 is 1.73 bits per heavy atom. The lowest BCUT2D eigenvalue weighted by atomic mass is 10.1. The molecule has 252 valence electrons. The average molecular weight is 659 g/mol. The number of ether oxygens (including phenoxy) is 1. The summed E-state index contributed by atoms with van der Waals surface area (Å²) >= 11 is 0. The molecule has 2 atom stereocenters. The topological polar surface area (TPSA) is 144 Å². The van der Waals surface area contributed by atoms with Gasteiger partial charge in [0.15, 0.2) is 0 Å². The van der Waals surface area contributed by atoms with E-state index in [0.717, 1.165) is 32.8 Å². The molecule has 1 aromatic rings. The number of hydrogen-bond acceptors (Lipinski definition) is 8. The monoisotopic (exact) mass is 658 g/mol. The third-order valence-electron chi connectivity index (χ3n) is 6.25. The summed E-state index contributed by atoms with van der Waals surface area (Å²) in [5, 5.41) is 21.4. The maximum absolute atomic E-state index is 10.6. The van der Waals surface area contributed by atoms with E-state index in [1.54, 1.807) is 0 Å². The van der Waals surface area contributed by atoms with Crippen LogP contribution in [0.15, 0.2) is 24.5 Å². The second kappa shape index (κ2) is 17.3. The van der Waals surface area contributed by atoms with Crippen molar-refractivity contribution < 1.29 is 74.0 Å². The molecule has 0 spiro atoms. The van der Waals surface area contributed by atoms with Crippen LogP contribution in [-0.2, 0) is 25.7 Å². The Labute approximate surface area is 244 Å². The molecular formula is C24H31F9N4O7. The predicted octanol–water partition coefficient (Wildman–Crippen LogP) is 2.96. The molecule has 0 unspecified atom stereocenters. The average Bonchev–Trinajstić information content (AvgIpc) is 3.57. The SMILES string of the molecule is O=C(O)C(F)(F)F.O=C(O)C(F)(F)F.O=C(O)C(F)(F)F.c1cncc(CN2C[C@@H]3OCCN(CCN4CCCC4)[C@@H]3C2)c1. The van der Waals surface area contributed by atoms with Gasteiger partial charge in [0.2, 0.25) is 0 Å². The van der Waals surface area contributed by atoms with E-state index in [1.165, 1.54) is 44.6 Å². The molecule has 11 nitrogen and oxygen atoms in total. The van der Waals surface area contributed by atoms with Crippen molar-refractivity contribution in [2.75, 3.05) is 52.4 Å². The van der Waals surface area contributed by atoms with Crippen LogP contribution in [0.4, 0.5) is 39.5 Å². The molecule has 0 aliphatic carbocycles. The summed E-state index contributed by atoms with van der Waals surface area (Å²) < 4.78 is 101. The first-order valence-corrected chi connectivity index (χ1v) is 12.8. The number of nitrogens with zero attached hydrogens (tertiary/aromatic N) is 4. The maximum Gasteiger partial charge on any atom is 0.490 e. The number of carboxylic acids is 3. The fourth-order valence-electron chi connectivity index (χ4n) is 4.27. The van der Waals surface area contributed by atoms with Crippen molar-refractivity contribution in [3.63, 3.8) is 0 Å². The molecule has 0 aromatic carbocycles. The lowest BCUT2D eigenvalue weighted by Gasteiger charge is -2.37. The van der Waals surface area contributed by atoms with Crippen LogP contribution in [0.5, 0.6) is 0 Å². The molecule has 0 radical (unpaired) electrons. The molecule has 4 rings (SSSR count). The number of fused-ring (bicyclic) bond motifs is 1. The number of morpholine rings is 1. The Bertz CT molecular complexity index is 981. The quantitative estimate of drug-likeness (QED) is 0.402. The fraction of sp³-hybridized carbons (Fsp3) is 0.667. The van der Waals surface area contributed by atoms with E-state index in [4.69, 9.17) is 34.4 Å². The van der Waals surface area contributed by atoms with Crippen LogP contribution in [-0.4, -0.2) is 136 Å². The van der Waals surface area contributed by atoms with Gasteiger partial charge in [0.05, 0.1) is 12.7 Å². The van der Waals surface area contributed by atoms with Gasteiger partial charge in [-0.3, -0.25) is 14.8 Å². The van der Waals surface area contributed by atoms with Gasteiger partial charge in [0, 0.05) is 57.7 Å². The van der Waals surface area contributed by atoms with Crippen molar-refractivity contribution in [2.24, 2.45) is 0 Å². The van der Waals surface area contributed by atoms with E-state index in [9.17, 15) is 39.5 Å². The molecule has 3 fully saturated rings. The van der Waals surface area contributed by atoms with Crippen LogP contribution >= 0.6 is 0 Å². The van der Waals surface area contributed by atoms with Crippen LogP contribution in [0.1, 0.15) is 18.4 Å². The van der Waals surface area contributed by atoms with E-state index in [1.807, 2.05) is 18.5 Å². The maximum atomic E-state index is 10.6. The summed E-state index contributed by atoms with van der Waals surface area (Å²) in [5.41, 5.74) is 1.30. The number of aromatic nitrogens is 1. The van der Waals surface area contributed by atoms with Gasteiger partial charge in [-0.15, -0.1) is 0 Å². The largest absolute Gasteiger partial charge is 0.490 e. The number of aliphatic carboxylic acids is 3. The highest BCUT2D eigenvalue weighted by atomic mass is 19.4. The lowest BCUT2D eigenvalue weighted by molar-refractivity contribution is -0.193. The summed E-state index contributed by atoms with van der Waals surface area (Å²) in [4.78, 5) is 38.7. The number of likely N-dealkylation sites (tertiary alicyclic amines) is 2. The van der Waals surface area contributed by atoms with E-state index in [2.05, 4.69) is 25.8 Å². The summed E-state index contributed by atoms with van der Waals surface area (Å²) in [6, 6.07) is 4.76. The highest BCUT2D eigenvalue weighted by Crippen LogP contribution is 2.24. The molecule has 1 aromatic heterocycles. The molecular weight excluding hydrogens is 627 g/mol. The lowest BCUT2D eigenvalue weighted by Crippen LogP contribution is -2.52. The van der Waals surface area contributed by atoms with Gasteiger partial charge in [-0.1, -0.05) is 6.07 Å². The van der Waals surface area contributed by atoms with Crippen molar-refractivity contribution in [3.8, 4) is 0 Å². The number of halogens is 9. The smallest absolute Gasteiger partial charge is 0.475 e. The minimum absolute atomic E-state index is 0.388. The zero-order chi connectivity index (χ0) is 33.7. The minimum atomic E-state index is -5.08. The molecule has 3 aliphatic rings. The highest BCUT2D eigenvalue weighted by molar-refractivity contribution is 5.73. The van der Waals surface area contributed by atoms with E-state index in [-0.39, 0.29) is 0 Å². The summed E-state index contributed by atoms with van der Waals surface area (Å²) in [6.07, 6.45) is -8.27. The van der Waals surface area contributed by atoms with Gasteiger partial charge in [-0.25, -0.2) is 14.4 Å².